The molecule has 0 spiro atoms. The van der Waals surface area contributed by atoms with Gasteiger partial charge in [-0.25, -0.2) is 13.0 Å². The topological polar surface area (TPSA) is 126 Å². The standard InChI is InChI=1S/C20H23N5O5S/c1-2-4-18(26)21-15-9-10-24(13-15)20(27)14-7-11-25(12-8-14)31(28,29)17-6-3-5-16-19(17)23-30-22-16/h3,5-6,14-15H,7-13H2,1H3,(H,21,26). The smallest absolute Gasteiger partial charge is 0.296 e. The van der Waals surface area contributed by atoms with E-state index >= 15 is 0 Å². The molecule has 1 aromatic heterocycles. The summed E-state index contributed by atoms with van der Waals surface area (Å²) in [5.74, 6) is 4.44. The number of amides is 2. The second-order valence-electron chi connectivity index (χ2n) is 7.68. The van der Waals surface area contributed by atoms with E-state index in [1.54, 1.807) is 24.0 Å². The molecule has 2 amide bonds. The van der Waals surface area contributed by atoms with Gasteiger partial charge in [-0.05, 0) is 54.6 Å². The lowest BCUT2D eigenvalue weighted by Crippen LogP contribution is -2.45. The van der Waals surface area contributed by atoms with Crippen LogP contribution in [0.2, 0.25) is 0 Å². The van der Waals surface area contributed by atoms with Crippen molar-refractivity contribution in [2.45, 2.75) is 37.1 Å². The van der Waals surface area contributed by atoms with Gasteiger partial charge in [0.2, 0.25) is 15.9 Å². The van der Waals surface area contributed by atoms with Gasteiger partial charge in [-0.15, -0.1) is 0 Å². The van der Waals surface area contributed by atoms with Crippen molar-refractivity contribution in [3.05, 3.63) is 18.2 Å². The van der Waals surface area contributed by atoms with E-state index in [9.17, 15) is 18.0 Å². The van der Waals surface area contributed by atoms with Crippen LogP contribution in [-0.4, -0.2) is 72.0 Å². The summed E-state index contributed by atoms with van der Waals surface area (Å²) in [4.78, 5) is 26.3. The summed E-state index contributed by atoms with van der Waals surface area (Å²) >= 11 is 0. The highest BCUT2D eigenvalue weighted by molar-refractivity contribution is 7.89. The normalized spacial score (nSPS) is 20.4. The molecular weight excluding hydrogens is 422 g/mol. The minimum absolute atomic E-state index is 0.0122. The van der Waals surface area contributed by atoms with Crippen molar-refractivity contribution in [3.63, 3.8) is 0 Å². The molecule has 1 N–H and O–H groups in total. The number of carbonyl (C=O) groups excluding carboxylic acids is 2. The third-order valence-electron chi connectivity index (χ3n) is 5.74. The molecule has 10 nitrogen and oxygen atoms in total. The largest absolute Gasteiger partial charge is 0.341 e. The van der Waals surface area contributed by atoms with Gasteiger partial charge in [-0.3, -0.25) is 9.59 Å². The van der Waals surface area contributed by atoms with Crippen LogP contribution < -0.4 is 5.32 Å². The first-order valence-electron chi connectivity index (χ1n) is 10.1. The van der Waals surface area contributed by atoms with Crippen molar-refractivity contribution in [3.8, 4) is 11.8 Å². The van der Waals surface area contributed by atoms with Gasteiger partial charge in [0, 0.05) is 38.1 Å². The molecule has 3 heterocycles. The number of sulfonamides is 1. The summed E-state index contributed by atoms with van der Waals surface area (Å²) in [5, 5.41) is 10.2. The molecule has 164 valence electrons. The Morgan fingerprint density at radius 2 is 1.94 bits per heavy atom. The van der Waals surface area contributed by atoms with E-state index in [0.29, 0.717) is 37.9 Å². The molecule has 2 aliphatic heterocycles. The molecule has 11 heteroatoms. The van der Waals surface area contributed by atoms with Crippen LogP contribution in [0.3, 0.4) is 0 Å². The number of rotatable bonds is 4. The second-order valence-corrected chi connectivity index (χ2v) is 9.59. The van der Waals surface area contributed by atoms with Gasteiger partial charge in [0.1, 0.15) is 10.4 Å². The van der Waals surface area contributed by atoms with Gasteiger partial charge in [0.15, 0.2) is 5.52 Å². The van der Waals surface area contributed by atoms with Crippen LogP contribution in [0.25, 0.3) is 11.0 Å². The number of aromatic nitrogens is 2. The average Bonchev–Trinajstić information content (AvgIpc) is 3.42. The Kier molecular flexibility index (Phi) is 5.93. The van der Waals surface area contributed by atoms with Crippen LogP contribution in [0.1, 0.15) is 26.2 Å². The molecule has 2 fully saturated rings. The molecule has 2 saturated heterocycles. The van der Waals surface area contributed by atoms with Crippen molar-refractivity contribution in [2.24, 2.45) is 5.92 Å². The number of nitrogens with zero attached hydrogens (tertiary/aromatic N) is 4. The molecule has 0 radical (unpaired) electrons. The Labute approximate surface area is 179 Å². The number of nitrogens with one attached hydrogen (secondary N) is 1. The number of hydrogen-bond donors (Lipinski definition) is 1. The average molecular weight is 446 g/mol. The lowest BCUT2D eigenvalue weighted by molar-refractivity contribution is -0.135. The number of carbonyl (C=O) groups is 2. The van der Waals surface area contributed by atoms with Gasteiger partial charge < -0.3 is 10.2 Å². The van der Waals surface area contributed by atoms with Gasteiger partial charge in [-0.1, -0.05) is 12.0 Å². The minimum Gasteiger partial charge on any atom is -0.341 e. The fraction of sp³-hybridized carbons (Fsp3) is 0.500. The zero-order chi connectivity index (χ0) is 22.0. The Morgan fingerprint density at radius 3 is 2.68 bits per heavy atom. The van der Waals surface area contributed by atoms with Crippen molar-refractivity contribution in [2.75, 3.05) is 26.2 Å². The summed E-state index contributed by atoms with van der Waals surface area (Å²) in [5.41, 5.74) is 0.588. The maximum absolute atomic E-state index is 13.1. The van der Waals surface area contributed by atoms with Gasteiger partial charge >= 0.3 is 0 Å². The highest BCUT2D eigenvalue weighted by atomic mass is 32.2. The maximum Gasteiger partial charge on any atom is 0.296 e. The zero-order valence-corrected chi connectivity index (χ0v) is 17.9. The molecule has 2 aromatic rings. The summed E-state index contributed by atoms with van der Waals surface area (Å²) in [7, 11) is -3.77. The molecule has 2 aliphatic rings. The summed E-state index contributed by atoms with van der Waals surface area (Å²) in [6.45, 7) is 3.12. The van der Waals surface area contributed by atoms with Crippen molar-refractivity contribution >= 4 is 32.9 Å². The maximum atomic E-state index is 13.1. The Morgan fingerprint density at radius 1 is 1.16 bits per heavy atom. The molecule has 1 unspecified atom stereocenters. The Bertz CT molecular complexity index is 1160. The lowest BCUT2D eigenvalue weighted by atomic mass is 9.96. The Balaban J connectivity index is 1.36. The number of likely N-dealkylation sites (tertiary alicyclic amines) is 1. The van der Waals surface area contributed by atoms with E-state index in [4.69, 9.17) is 0 Å². The van der Waals surface area contributed by atoms with Gasteiger partial charge in [0.25, 0.3) is 5.91 Å². The summed E-state index contributed by atoms with van der Waals surface area (Å²) in [6, 6.07) is 4.62. The predicted molar refractivity (Wildman–Crippen MR) is 110 cm³/mol. The number of fused-ring (bicyclic) bond motifs is 1. The van der Waals surface area contributed by atoms with E-state index in [2.05, 4.69) is 32.1 Å². The Hall–Kier alpha value is -2.97. The first-order valence-corrected chi connectivity index (χ1v) is 11.6. The van der Waals surface area contributed by atoms with Crippen LogP contribution in [0.4, 0.5) is 0 Å². The van der Waals surface area contributed by atoms with Crippen LogP contribution in [0, 0.1) is 17.8 Å². The third kappa shape index (κ3) is 4.26. The molecule has 0 saturated carbocycles. The lowest BCUT2D eigenvalue weighted by Gasteiger charge is -2.32. The fourth-order valence-electron chi connectivity index (χ4n) is 4.14. The van der Waals surface area contributed by atoms with Crippen LogP contribution in [0.15, 0.2) is 27.7 Å². The fourth-order valence-corrected chi connectivity index (χ4v) is 5.75. The zero-order valence-electron chi connectivity index (χ0n) is 17.1. The summed E-state index contributed by atoms with van der Waals surface area (Å²) < 4.78 is 32.3. The molecule has 0 bridgehead atoms. The summed E-state index contributed by atoms with van der Waals surface area (Å²) in [6.07, 6.45) is 1.58. The van der Waals surface area contributed by atoms with Crippen LogP contribution in [-0.2, 0) is 19.6 Å². The predicted octanol–water partition coefficient (Wildman–Crippen LogP) is 0.364. The van der Waals surface area contributed by atoms with E-state index in [-0.39, 0.29) is 47.3 Å². The van der Waals surface area contributed by atoms with E-state index < -0.39 is 10.0 Å². The molecule has 1 aromatic carbocycles. The molecular formula is C20H23N5O5S. The molecule has 0 aliphatic carbocycles. The van der Waals surface area contributed by atoms with E-state index in [1.165, 1.54) is 10.4 Å². The van der Waals surface area contributed by atoms with E-state index in [1.807, 2.05) is 0 Å². The first-order chi connectivity index (χ1) is 14.9. The van der Waals surface area contributed by atoms with Gasteiger partial charge in [-0.2, -0.15) is 4.31 Å². The SMILES string of the molecule is CC#CC(=O)NC1CCN(C(=O)C2CCN(S(=O)(=O)c3cccc4nonc34)CC2)C1. The number of piperidine rings is 1. The number of hydrogen-bond acceptors (Lipinski definition) is 7. The highest BCUT2D eigenvalue weighted by Crippen LogP contribution is 2.28. The third-order valence-corrected chi connectivity index (χ3v) is 7.67. The number of benzene rings is 1. The minimum atomic E-state index is -3.77. The first kappa shape index (κ1) is 21.3. The van der Waals surface area contributed by atoms with E-state index in [0.717, 1.165) is 0 Å². The molecule has 31 heavy (non-hydrogen) atoms. The monoisotopic (exact) mass is 445 g/mol. The van der Waals surface area contributed by atoms with Crippen molar-refractivity contribution in [1.29, 1.82) is 0 Å². The van der Waals surface area contributed by atoms with Crippen LogP contribution >= 0.6 is 0 Å². The van der Waals surface area contributed by atoms with Crippen molar-refractivity contribution < 1.29 is 22.6 Å². The molecule has 1 atom stereocenters. The quantitative estimate of drug-likeness (QED) is 0.674. The van der Waals surface area contributed by atoms with Crippen LogP contribution in [0.5, 0.6) is 0 Å². The second kappa shape index (κ2) is 8.64. The van der Waals surface area contributed by atoms with Gasteiger partial charge in [0.05, 0.1) is 0 Å². The van der Waals surface area contributed by atoms with Crippen molar-refractivity contribution in [1.82, 2.24) is 24.8 Å². The highest BCUT2D eigenvalue weighted by Gasteiger charge is 2.37. The molecule has 4 rings (SSSR count).